The van der Waals surface area contributed by atoms with Crippen LogP contribution in [0.15, 0.2) is 12.1 Å². The molecule has 0 N–H and O–H groups in total. The summed E-state index contributed by atoms with van der Waals surface area (Å²) in [5.41, 5.74) is 1.51. The summed E-state index contributed by atoms with van der Waals surface area (Å²) in [6, 6.07) is 3.06. The fourth-order valence-corrected chi connectivity index (χ4v) is 3.54. The number of ether oxygens (including phenoxy) is 1. The van der Waals surface area contributed by atoms with Crippen molar-refractivity contribution in [2.45, 2.75) is 31.7 Å². The van der Waals surface area contributed by atoms with Crippen LogP contribution in [0.5, 0.6) is 5.75 Å². The van der Waals surface area contributed by atoms with Crippen LogP contribution in [0.3, 0.4) is 0 Å². The molecule has 3 rings (SSSR count). The van der Waals surface area contributed by atoms with Gasteiger partial charge in [0.05, 0.1) is 23.8 Å². The smallest absolute Gasteiger partial charge is 0.313 e. The summed E-state index contributed by atoms with van der Waals surface area (Å²) in [5.74, 6) is 0.298. The van der Waals surface area contributed by atoms with Crippen molar-refractivity contribution in [3.05, 3.63) is 27.8 Å². The Kier molecular flexibility index (Phi) is 4.21. The van der Waals surface area contributed by atoms with Crippen LogP contribution in [-0.2, 0) is 11.2 Å². The van der Waals surface area contributed by atoms with Crippen molar-refractivity contribution in [1.29, 1.82) is 0 Å². The number of carbonyl (C=O) groups is 1. The van der Waals surface area contributed by atoms with Gasteiger partial charge < -0.3 is 9.64 Å². The molecule has 0 saturated carbocycles. The number of rotatable bonds is 3. The molecule has 1 fully saturated rings. The van der Waals surface area contributed by atoms with Gasteiger partial charge in [0.1, 0.15) is 0 Å². The summed E-state index contributed by atoms with van der Waals surface area (Å²) in [5, 5.41) is 11.3. The highest BCUT2D eigenvalue weighted by atomic mass is 16.6. The lowest BCUT2D eigenvalue weighted by molar-refractivity contribution is -0.385. The lowest BCUT2D eigenvalue weighted by Crippen LogP contribution is -2.46. The summed E-state index contributed by atoms with van der Waals surface area (Å²) in [6.45, 7) is 1.53. The van der Waals surface area contributed by atoms with Gasteiger partial charge in [0, 0.05) is 12.6 Å². The molecule has 0 radical (unpaired) electrons. The quantitative estimate of drug-likeness (QED) is 0.629. The molecule has 1 amide bonds. The molecular formula is C16H21N3O4. The number of likely N-dealkylation sites (tertiary alicyclic amines) is 1. The molecule has 0 unspecified atom stereocenters. The van der Waals surface area contributed by atoms with Crippen molar-refractivity contribution >= 4 is 17.3 Å². The molecule has 7 heteroatoms. The Balaban J connectivity index is 1.99. The highest BCUT2D eigenvalue weighted by molar-refractivity contribution is 5.99. The first-order valence-corrected chi connectivity index (χ1v) is 7.90. The number of fused-ring (bicyclic) bond motifs is 1. The number of nitro benzene ring substituents is 1. The van der Waals surface area contributed by atoms with Crippen molar-refractivity contribution in [3.8, 4) is 5.75 Å². The molecule has 2 aliphatic rings. The van der Waals surface area contributed by atoms with Gasteiger partial charge in [-0.15, -0.1) is 0 Å². The highest BCUT2D eigenvalue weighted by Gasteiger charge is 2.35. The molecule has 0 spiro atoms. The van der Waals surface area contributed by atoms with E-state index >= 15 is 0 Å². The number of amides is 1. The first kappa shape index (κ1) is 15.7. The topological polar surface area (TPSA) is 75.9 Å². The van der Waals surface area contributed by atoms with Gasteiger partial charge >= 0.3 is 5.69 Å². The van der Waals surface area contributed by atoms with E-state index < -0.39 is 4.92 Å². The van der Waals surface area contributed by atoms with Gasteiger partial charge in [-0.05, 0) is 50.9 Å². The lowest BCUT2D eigenvalue weighted by Gasteiger charge is -2.33. The van der Waals surface area contributed by atoms with E-state index in [1.54, 1.807) is 11.0 Å². The molecule has 1 aromatic carbocycles. The van der Waals surface area contributed by atoms with Crippen LogP contribution in [0.2, 0.25) is 0 Å². The summed E-state index contributed by atoms with van der Waals surface area (Å²) in [4.78, 5) is 27.5. The molecule has 2 heterocycles. The van der Waals surface area contributed by atoms with Gasteiger partial charge in [-0.1, -0.05) is 0 Å². The van der Waals surface area contributed by atoms with Crippen LogP contribution in [0.4, 0.5) is 11.4 Å². The average Bonchev–Trinajstić information content (AvgIpc) is 2.98. The van der Waals surface area contributed by atoms with E-state index in [2.05, 4.69) is 4.90 Å². The molecule has 0 aliphatic carbocycles. The predicted molar refractivity (Wildman–Crippen MR) is 86.0 cm³/mol. The molecule has 1 saturated heterocycles. The minimum absolute atomic E-state index is 0.0467. The summed E-state index contributed by atoms with van der Waals surface area (Å²) in [7, 11) is 3.38. The van der Waals surface area contributed by atoms with Crippen molar-refractivity contribution < 1.29 is 14.5 Å². The van der Waals surface area contributed by atoms with E-state index in [0.29, 0.717) is 12.2 Å². The second kappa shape index (κ2) is 6.16. The normalized spacial score (nSPS) is 21.1. The Morgan fingerprint density at radius 1 is 1.35 bits per heavy atom. The molecular weight excluding hydrogens is 298 g/mol. The molecule has 0 aromatic heterocycles. The fraction of sp³-hybridized carbons (Fsp3) is 0.562. The number of carbonyl (C=O) groups excluding carboxylic acids is 1. The zero-order valence-electron chi connectivity index (χ0n) is 13.4. The molecule has 2 aliphatic heterocycles. The van der Waals surface area contributed by atoms with Crippen molar-refractivity contribution in [2.24, 2.45) is 0 Å². The van der Waals surface area contributed by atoms with Crippen molar-refractivity contribution in [2.75, 3.05) is 32.1 Å². The number of methoxy groups -OCH3 is 1. The Bertz CT molecular complexity index is 646. The van der Waals surface area contributed by atoms with Gasteiger partial charge in [-0.3, -0.25) is 19.8 Å². The number of nitro groups is 1. The van der Waals surface area contributed by atoms with Crippen LogP contribution in [0, 0.1) is 10.1 Å². The maximum Gasteiger partial charge on any atom is 0.313 e. The van der Waals surface area contributed by atoms with Gasteiger partial charge in [0.25, 0.3) is 0 Å². The number of benzene rings is 1. The second-order valence-electron chi connectivity index (χ2n) is 6.14. The molecule has 7 nitrogen and oxygen atoms in total. The summed E-state index contributed by atoms with van der Waals surface area (Å²) < 4.78 is 5.13. The number of hydrogen-bond donors (Lipinski definition) is 0. The molecule has 1 aromatic rings. The second-order valence-corrected chi connectivity index (χ2v) is 6.14. The number of likely N-dealkylation sites (N-methyl/N-ethyl adjacent to an activating group) is 1. The maximum atomic E-state index is 12.9. The third-order valence-electron chi connectivity index (χ3n) is 4.77. The van der Waals surface area contributed by atoms with E-state index in [1.165, 1.54) is 13.2 Å². The van der Waals surface area contributed by atoms with Crippen molar-refractivity contribution in [1.82, 2.24) is 4.90 Å². The lowest BCUT2D eigenvalue weighted by atomic mass is 9.99. The molecule has 124 valence electrons. The third kappa shape index (κ3) is 2.76. The van der Waals surface area contributed by atoms with Crippen LogP contribution in [0.25, 0.3) is 0 Å². The fourth-order valence-electron chi connectivity index (χ4n) is 3.54. The van der Waals surface area contributed by atoms with Gasteiger partial charge in [0.2, 0.25) is 5.91 Å². The van der Waals surface area contributed by atoms with Crippen LogP contribution < -0.4 is 9.64 Å². The van der Waals surface area contributed by atoms with Gasteiger partial charge in [0.15, 0.2) is 5.75 Å². The van der Waals surface area contributed by atoms with Crippen LogP contribution in [0.1, 0.15) is 24.8 Å². The largest absolute Gasteiger partial charge is 0.490 e. The Labute approximate surface area is 135 Å². The zero-order valence-corrected chi connectivity index (χ0v) is 13.4. The Morgan fingerprint density at radius 2 is 2.13 bits per heavy atom. The summed E-state index contributed by atoms with van der Waals surface area (Å²) in [6.07, 6.45) is 3.51. The number of hydrogen-bond acceptors (Lipinski definition) is 5. The van der Waals surface area contributed by atoms with E-state index in [0.717, 1.165) is 37.8 Å². The van der Waals surface area contributed by atoms with Crippen molar-refractivity contribution in [3.63, 3.8) is 0 Å². The van der Waals surface area contributed by atoms with Crippen LogP contribution >= 0.6 is 0 Å². The first-order chi connectivity index (χ1) is 11.0. The SMILES string of the molecule is COc1cc2c(cc1[N+](=O)[O-])N(C(=O)[C@@H]1CCCN1C)CCC2. The monoisotopic (exact) mass is 319 g/mol. The van der Waals surface area contributed by atoms with Gasteiger partial charge in [-0.2, -0.15) is 0 Å². The predicted octanol–water partition coefficient (Wildman–Crippen LogP) is 1.98. The highest BCUT2D eigenvalue weighted by Crippen LogP contribution is 2.38. The van der Waals surface area contributed by atoms with E-state index in [-0.39, 0.29) is 23.4 Å². The number of anilines is 1. The Hall–Kier alpha value is -2.15. The Morgan fingerprint density at radius 3 is 2.74 bits per heavy atom. The minimum atomic E-state index is -0.460. The minimum Gasteiger partial charge on any atom is -0.490 e. The molecule has 1 atom stereocenters. The standard InChI is InChI=1S/C16H21N3O4/c1-17-7-4-6-12(17)16(20)18-8-3-5-11-9-15(23-2)14(19(21)22)10-13(11)18/h9-10,12H,3-8H2,1-2H3/t12-/m0/s1. The average molecular weight is 319 g/mol. The first-order valence-electron chi connectivity index (χ1n) is 7.90. The molecule has 0 bridgehead atoms. The third-order valence-corrected chi connectivity index (χ3v) is 4.77. The maximum absolute atomic E-state index is 12.9. The zero-order chi connectivity index (χ0) is 16.6. The summed E-state index contributed by atoms with van der Waals surface area (Å²) >= 11 is 0. The number of aryl methyl sites for hydroxylation is 1. The molecule has 23 heavy (non-hydrogen) atoms. The van der Waals surface area contributed by atoms with E-state index in [1.807, 2.05) is 7.05 Å². The van der Waals surface area contributed by atoms with Crippen LogP contribution in [-0.4, -0.2) is 49.0 Å². The van der Waals surface area contributed by atoms with E-state index in [9.17, 15) is 14.9 Å². The van der Waals surface area contributed by atoms with E-state index in [4.69, 9.17) is 4.74 Å². The van der Waals surface area contributed by atoms with Gasteiger partial charge in [-0.25, -0.2) is 0 Å². The number of nitrogens with zero attached hydrogens (tertiary/aromatic N) is 3.